The number of carbonyl (C=O) groups excluding carboxylic acids is 1. The fourth-order valence-electron chi connectivity index (χ4n) is 2.02. The van der Waals surface area contributed by atoms with Crippen LogP contribution in [0.3, 0.4) is 0 Å². The van der Waals surface area contributed by atoms with Gasteiger partial charge in [0.1, 0.15) is 5.82 Å². The minimum absolute atomic E-state index is 0.0411. The summed E-state index contributed by atoms with van der Waals surface area (Å²) in [6.45, 7) is 1.49. The van der Waals surface area contributed by atoms with Gasteiger partial charge in [0.05, 0.1) is 12.1 Å². The number of hydrogen-bond donors (Lipinski definition) is 1. The first-order valence-electron chi connectivity index (χ1n) is 7.09. The summed E-state index contributed by atoms with van der Waals surface area (Å²) in [7, 11) is 0. The lowest BCUT2D eigenvalue weighted by Crippen LogP contribution is -2.15. The van der Waals surface area contributed by atoms with Gasteiger partial charge in [-0.2, -0.15) is 0 Å². The van der Waals surface area contributed by atoms with Gasteiger partial charge in [0.2, 0.25) is 11.4 Å². The second-order valence-electron chi connectivity index (χ2n) is 5.11. The van der Waals surface area contributed by atoms with Crippen molar-refractivity contribution < 1.29 is 22.4 Å². The van der Waals surface area contributed by atoms with Gasteiger partial charge in [-0.25, -0.2) is 17.6 Å². The van der Waals surface area contributed by atoms with Crippen LogP contribution in [0, 0.1) is 12.7 Å². The average molecular weight is 357 g/mol. The third kappa shape index (κ3) is 4.99. The van der Waals surface area contributed by atoms with E-state index in [-0.39, 0.29) is 17.0 Å². The zero-order valence-corrected chi connectivity index (χ0v) is 13.5. The average Bonchev–Trinajstić information content (AvgIpc) is 2.52. The van der Waals surface area contributed by atoms with Gasteiger partial charge in [-0.3, -0.25) is 4.79 Å². The summed E-state index contributed by atoms with van der Waals surface area (Å²) in [6, 6.07) is 11.1. The molecule has 2 aromatic carbocycles. The third-order valence-corrected chi connectivity index (χ3v) is 4.31. The zero-order chi connectivity index (χ0) is 17.7. The smallest absolute Gasteiger partial charge is 0.278 e. The van der Waals surface area contributed by atoms with Crippen LogP contribution in [0.2, 0.25) is 0 Å². The van der Waals surface area contributed by atoms with Crippen LogP contribution in [0.5, 0.6) is 0 Å². The highest BCUT2D eigenvalue weighted by molar-refractivity contribution is 7.99. The fourth-order valence-corrected chi connectivity index (χ4v) is 2.80. The van der Waals surface area contributed by atoms with E-state index in [0.717, 1.165) is 11.6 Å². The molecule has 2 rings (SSSR count). The van der Waals surface area contributed by atoms with E-state index >= 15 is 0 Å². The first-order valence-corrected chi connectivity index (χ1v) is 7.97. The van der Waals surface area contributed by atoms with Crippen molar-refractivity contribution >= 4 is 23.4 Å². The second kappa shape index (κ2) is 8.19. The van der Waals surface area contributed by atoms with E-state index in [1.54, 1.807) is 30.3 Å². The molecule has 1 N–H and O–H groups in total. The van der Waals surface area contributed by atoms with E-state index in [4.69, 9.17) is 0 Å². The number of nitrogens with one attached hydrogen (secondary N) is 1. The summed E-state index contributed by atoms with van der Waals surface area (Å²) < 4.78 is 51.8. The highest BCUT2D eigenvalue weighted by Gasteiger charge is 2.22. The summed E-state index contributed by atoms with van der Waals surface area (Å²) in [5.41, 5.74) is -1.51. The summed E-state index contributed by atoms with van der Waals surface area (Å²) in [4.78, 5) is 12.1. The molecular formula is C17H15F4NOS. The predicted octanol–water partition coefficient (Wildman–Crippen LogP) is 4.97. The summed E-state index contributed by atoms with van der Waals surface area (Å²) in [6.07, 6.45) is -3.10. The van der Waals surface area contributed by atoms with E-state index in [9.17, 15) is 22.4 Å². The Hall–Kier alpha value is -2.02. The topological polar surface area (TPSA) is 29.1 Å². The molecule has 0 bridgehead atoms. The number of halogens is 4. The van der Waals surface area contributed by atoms with Crippen molar-refractivity contribution in [2.75, 3.05) is 5.32 Å². The third-order valence-electron chi connectivity index (χ3n) is 3.18. The maximum Gasteiger partial charge on any atom is 0.278 e. The van der Waals surface area contributed by atoms with Crippen LogP contribution in [0.1, 0.15) is 11.1 Å². The Kier molecular flexibility index (Phi) is 6.25. The minimum atomic E-state index is -3.14. The number of thioether (sulfide) groups is 1. The Bertz CT molecular complexity index is 709. The molecule has 7 heteroatoms. The first-order chi connectivity index (χ1) is 11.4. The number of rotatable bonds is 6. The molecule has 0 aliphatic heterocycles. The lowest BCUT2D eigenvalue weighted by atomic mass is 10.1. The molecule has 1 unspecified atom stereocenters. The van der Waals surface area contributed by atoms with Crippen molar-refractivity contribution in [3.63, 3.8) is 0 Å². The van der Waals surface area contributed by atoms with Gasteiger partial charge < -0.3 is 5.32 Å². The predicted molar refractivity (Wildman–Crippen MR) is 86.7 cm³/mol. The molecular weight excluding hydrogens is 342 g/mol. The van der Waals surface area contributed by atoms with Crippen molar-refractivity contribution in [2.45, 2.75) is 30.2 Å². The number of alkyl halides is 3. The number of aryl methyl sites for hydroxylation is 1. The molecule has 0 heterocycles. The number of anilines is 1. The summed E-state index contributed by atoms with van der Waals surface area (Å²) >= 11 is 0.298. The van der Waals surface area contributed by atoms with Gasteiger partial charge in [-0.05, 0) is 30.2 Å². The molecule has 1 amide bonds. The van der Waals surface area contributed by atoms with Gasteiger partial charge in [0.15, 0.2) is 0 Å². The van der Waals surface area contributed by atoms with Crippen molar-refractivity contribution in [2.24, 2.45) is 0 Å². The Morgan fingerprint density at radius 1 is 1.17 bits per heavy atom. The Balaban J connectivity index is 2.13. The number of hydrogen-bond acceptors (Lipinski definition) is 2. The van der Waals surface area contributed by atoms with Crippen LogP contribution in [-0.2, 0) is 11.2 Å². The van der Waals surface area contributed by atoms with Gasteiger partial charge in [0, 0.05) is 4.90 Å². The molecule has 0 saturated carbocycles. The van der Waals surface area contributed by atoms with Crippen molar-refractivity contribution in [1.82, 2.24) is 0 Å². The number of amides is 1. The standard InChI is InChI=1S/C17H15F4NOS/c1-10-7-12(18)13(9-14(10)24-17(21)16(19)20)22-15(23)8-11-5-3-2-4-6-11/h2-7,9,16-17H,8H2,1H3,(H,22,23). The highest BCUT2D eigenvalue weighted by Crippen LogP contribution is 2.33. The Labute approximate surface area is 141 Å². The van der Waals surface area contributed by atoms with E-state index in [0.29, 0.717) is 17.3 Å². The maximum atomic E-state index is 14.0. The van der Waals surface area contributed by atoms with Crippen LogP contribution >= 0.6 is 11.8 Å². The highest BCUT2D eigenvalue weighted by atomic mass is 32.2. The van der Waals surface area contributed by atoms with Crippen LogP contribution in [-0.4, -0.2) is 17.8 Å². The normalized spacial score (nSPS) is 12.2. The van der Waals surface area contributed by atoms with Gasteiger partial charge >= 0.3 is 0 Å². The number of carbonyl (C=O) groups is 1. The monoisotopic (exact) mass is 357 g/mol. The number of benzene rings is 2. The molecule has 2 aromatic rings. The van der Waals surface area contributed by atoms with E-state index in [1.165, 1.54) is 13.0 Å². The maximum absolute atomic E-state index is 14.0. The van der Waals surface area contributed by atoms with E-state index in [2.05, 4.69) is 5.32 Å². The Morgan fingerprint density at radius 3 is 2.46 bits per heavy atom. The quantitative estimate of drug-likeness (QED) is 0.584. The molecule has 0 fully saturated rings. The SMILES string of the molecule is Cc1cc(F)c(NC(=O)Cc2ccccc2)cc1SC(F)C(F)F. The minimum Gasteiger partial charge on any atom is -0.323 e. The van der Waals surface area contributed by atoms with Gasteiger partial charge in [0.25, 0.3) is 6.43 Å². The largest absolute Gasteiger partial charge is 0.323 e. The summed E-state index contributed by atoms with van der Waals surface area (Å²) in [5, 5.41) is 2.39. The lowest BCUT2D eigenvalue weighted by Gasteiger charge is -2.13. The van der Waals surface area contributed by atoms with Gasteiger partial charge in [-0.15, -0.1) is 0 Å². The van der Waals surface area contributed by atoms with Crippen LogP contribution in [0.4, 0.5) is 23.2 Å². The van der Waals surface area contributed by atoms with Crippen LogP contribution in [0.25, 0.3) is 0 Å². The molecule has 0 aliphatic carbocycles. The molecule has 0 aliphatic rings. The first kappa shape index (κ1) is 18.3. The van der Waals surface area contributed by atoms with Crippen LogP contribution in [0.15, 0.2) is 47.4 Å². The van der Waals surface area contributed by atoms with Crippen molar-refractivity contribution in [1.29, 1.82) is 0 Å². The van der Waals surface area contributed by atoms with E-state index < -0.39 is 23.7 Å². The summed E-state index contributed by atoms with van der Waals surface area (Å²) in [5.74, 6) is -1.16. The fraction of sp³-hybridized carbons (Fsp3) is 0.235. The molecule has 1 atom stereocenters. The Morgan fingerprint density at radius 2 is 1.83 bits per heavy atom. The molecule has 0 spiro atoms. The van der Waals surface area contributed by atoms with Crippen molar-refractivity contribution in [3.8, 4) is 0 Å². The molecule has 0 radical (unpaired) electrons. The van der Waals surface area contributed by atoms with Crippen LogP contribution < -0.4 is 5.32 Å². The molecule has 24 heavy (non-hydrogen) atoms. The van der Waals surface area contributed by atoms with Crippen molar-refractivity contribution in [3.05, 3.63) is 59.4 Å². The molecule has 0 saturated heterocycles. The van der Waals surface area contributed by atoms with Gasteiger partial charge in [-0.1, -0.05) is 42.1 Å². The second-order valence-corrected chi connectivity index (χ2v) is 6.24. The molecule has 2 nitrogen and oxygen atoms in total. The molecule has 128 valence electrons. The molecule has 0 aromatic heterocycles. The van der Waals surface area contributed by atoms with E-state index in [1.807, 2.05) is 0 Å². The zero-order valence-electron chi connectivity index (χ0n) is 12.7. The lowest BCUT2D eigenvalue weighted by molar-refractivity contribution is -0.115.